The molecule has 1 heterocycles. The number of carboxylic acid groups (broad SMARTS) is 1. The molecule has 0 saturated carbocycles. The van der Waals surface area contributed by atoms with E-state index in [9.17, 15) is 9.90 Å². The van der Waals surface area contributed by atoms with Crippen LogP contribution in [0.25, 0.3) is 0 Å². The van der Waals surface area contributed by atoms with Crippen LogP contribution in [0.15, 0.2) is 30.5 Å². The monoisotopic (exact) mass is 273 g/mol. The maximum atomic E-state index is 10.7. The van der Waals surface area contributed by atoms with E-state index < -0.39 is 5.97 Å². The van der Waals surface area contributed by atoms with E-state index >= 15 is 0 Å². The van der Waals surface area contributed by atoms with E-state index in [1.807, 2.05) is 12.1 Å². The van der Waals surface area contributed by atoms with Crippen molar-refractivity contribution >= 4 is 23.4 Å². The van der Waals surface area contributed by atoms with Gasteiger partial charge in [-0.15, -0.1) is 0 Å². The molecular formula is C11H9ClN3NaO2. The standard InChI is InChI=1S/C11H10ClN3O2.Na/c12-8-3-1-7(2-4-8)6-15-10(13)9(5-14-15)11(16)17;/h1-5H,6,13H2,(H,16,17);/q;+1/p-1. The third kappa shape index (κ3) is 3.26. The number of carbonyl (C=O) groups is 1. The number of nitrogen functional groups attached to an aromatic ring is 1. The largest absolute Gasteiger partial charge is 1.00 e. The first-order chi connectivity index (χ1) is 8.08. The van der Waals surface area contributed by atoms with Gasteiger partial charge in [-0.05, 0) is 17.7 Å². The minimum absolute atomic E-state index is 0. The molecule has 1 aromatic carbocycles. The van der Waals surface area contributed by atoms with Gasteiger partial charge in [0.05, 0.1) is 24.3 Å². The summed E-state index contributed by atoms with van der Waals surface area (Å²) in [7, 11) is 0. The van der Waals surface area contributed by atoms with Crippen LogP contribution in [0.2, 0.25) is 5.02 Å². The molecule has 88 valence electrons. The molecule has 18 heavy (non-hydrogen) atoms. The molecule has 2 aromatic rings. The molecule has 2 N–H and O–H groups in total. The van der Waals surface area contributed by atoms with E-state index in [4.69, 9.17) is 17.3 Å². The Kier molecular flexibility index (Phi) is 5.22. The first-order valence-electron chi connectivity index (χ1n) is 4.85. The third-order valence-corrected chi connectivity index (χ3v) is 2.60. The molecule has 0 fully saturated rings. The van der Waals surface area contributed by atoms with Crippen LogP contribution in [0.1, 0.15) is 15.9 Å². The fourth-order valence-electron chi connectivity index (χ4n) is 1.44. The zero-order chi connectivity index (χ0) is 12.4. The molecule has 0 bridgehead atoms. The molecule has 2 rings (SSSR count). The Labute approximate surface area is 131 Å². The fraction of sp³-hybridized carbons (Fsp3) is 0.0909. The number of nitrogens with zero attached hydrogens (tertiary/aromatic N) is 2. The number of aromatic nitrogens is 2. The van der Waals surface area contributed by atoms with Crippen molar-refractivity contribution in [1.82, 2.24) is 9.78 Å². The number of anilines is 1. The Morgan fingerprint density at radius 1 is 1.39 bits per heavy atom. The fourth-order valence-corrected chi connectivity index (χ4v) is 1.57. The number of aromatic carboxylic acids is 1. The van der Waals surface area contributed by atoms with Gasteiger partial charge < -0.3 is 15.6 Å². The van der Waals surface area contributed by atoms with Crippen LogP contribution >= 0.6 is 11.6 Å². The first-order valence-corrected chi connectivity index (χ1v) is 5.23. The van der Waals surface area contributed by atoms with Crippen LogP contribution in [0.4, 0.5) is 5.82 Å². The van der Waals surface area contributed by atoms with E-state index in [2.05, 4.69) is 5.10 Å². The van der Waals surface area contributed by atoms with E-state index in [1.165, 1.54) is 10.9 Å². The van der Waals surface area contributed by atoms with E-state index in [-0.39, 0.29) is 40.9 Å². The van der Waals surface area contributed by atoms with Crippen molar-refractivity contribution in [3.63, 3.8) is 0 Å². The maximum absolute atomic E-state index is 10.7. The normalized spacial score (nSPS) is 9.83. The Morgan fingerprint density at radius 2 is 2.00 bits per heavy atom. The minimum Gasteiger partial charge on any atom is -0.545 e. The van der Waals surface area contributed by atoms with Crippen LogP contribution in [0.3, 0.4) is 0 Å². The Balaban J connectivity index is 0.00000162. The zero-order valence-electron chi connectivity index (χ0n) is 9.76. The van der Waals surface area contributed by atoms with Crippen molar-refractivity contribution in [2.75, 3.05) is 5.73 Å². The quantitative estimate of drug-likeness (QED) is 0.629. The SMILES string of the molecule is Nc1c(C(=O)[O-])cnn1Cc1ccc(Cl)cc1.[Na+]. The van der Waals surface area contributed by atoms with E-state index in [0.29, 0.717) is 11.6 Å². The van der Waals surface area contributed by atoms with Gasteiger partial charge in [-0.1, -0.05) is 23.7 Å². The van der Waals surface area contributed by atoms with Gasteiger partial charge in [0.2, 0.25) is 0 Å². The average Bonchev–Trinajstić information content (AvgIpc) is 2.64. The summed E-state index contributed by atoms with van der Waals surface area (Å²) >= 11 is 5.76. The Hall–Kier alpha value is -1.01. The van der Waals surface area contributed by atoms with Gasteiger partial charge in [0.25, 0.3) is 0 Å². The number of carbonyl (C=O) groups excluding carboxylic acids is 1. The van der Waals surface area contributed by atoms with Crippen molar-refractivity contribution in [2.24, 2.45) is 0 Å². The number of rotatable bonds is 3. The predicted octanol–water partition coefficient (Wildman–Crippen LogP) is -2.47. The van der Waals surface area contributed by atoms with Crippen molar-refractivity contribution in [3.8, 4) is 0 Å². The van der Waals surface area contributed by atoms with E-state index in [1.54, 1.807) is 12.1 Å². The summed E-state index contributed by atoms with van der Waals surface area (Å²) < 4.78 is 1.40. The molecule has 5 nitrogen and oxygen atoms in total. The summed E-state index contributed by atoms with van der Waals surface area (Å²) in [5.41, 5.74) is 6.46. The molecule has 0 aliphatic rings. The second-order valence-electron chi connectivity index (χ2n) is 3.52. The molecule has 1 aromatic heterocycles. The maximum Gasteiger partial charge on any atom is 1.00 e. The number of hydrogen-bond acceptors (Lipinski definition) is 4. The van der Waals surface area contributed by atoms with Gasteiger partial charge in [-0.25, -0.2) is 4.68 Å². The number of halogens is 1. The number of hydrogen-bond donors (Lipinski definition) is 1. The van der Waals surface area contributed by atoms with Crippen LogP contribution in [-0.4, -0.2) is 15.7 Å². The first kappa shape index (κ1) is 15.0. The van der Waals surface area contributed by atoms with Crippen molar-refractivity contribution in [1.29, 1.82) is 0 Å². The number of nitrogens with two attached hydrogens (primary N) is 1. The van der Waals surface area contributed by atoms with Crippen molar-refractivity contribution in [2.45, 2.75) is 6.54 Å². The van der Waals surface area contributed by atoms with Gasteiger partial charge >= 0.3 is 29.6 Å². The van der Waals surface area contributed by atoms with Crippen molar-refractivity contribution < 1.29 is 39.5 Å². The summed E-state index contributed by atoms with van der Waals surface area (Å²) in [6.45, 7) is 0.385. The molecule has 0 amide bonds. The van der Waals surface area contributed by atoms with Gasteiger partial charge in [-0.2, -0.15) is 5.10 Å². The second-order valence-corrected chi connectivity index (χ2v) is 3.95. The molecule has 0 saturated heterocycles. The number of benzene rings is 1. The summed E-state index contributed by atoms with van der Waals surface area (Å²) in [5, 5.41) is 15.2. The molecule has 0 aliphatic heterocycles. The van der Waals surface area contributed by atoms with Crippen LogP contribution in [-0.2, 0) is 6.54 Å². The Morgan fingerprint density at radius 3 is 2.50 bits per heavy atom. The second kappa shape index (κ2) is 6.24. The zero-order valence-corrected chi connectivity index (χ0v) is 12.5. The molecule has 0 radical (unpaired) electrons. The molecule has 7 heteroatoms. The Bertz CT molecular complexity index is 554. The van der Waals surface area contributed by atoms with E-state index in [0.717, 1.165) is 5.56 Å². The minimum atomic E-state index is -1.33. The topological polar surface area (TPSA) is 84.0 Å². The average molecular weight is 274 g/mol. The molecule has 0 spiro atoms. The summed E-state index contributed by atoms with van der Waals surface area (Å²) in [6.07, 6.45) is 1.18. The van der Waals surface area contributed by atoms with Gasteiger partial charge in [-0.3, -0.25) is 0 Å². The molecule has 0 aliphatic carbocycles. The molecule has 0 atom stereocenters. The number of carboxylic acids is 1. The third-order valence-electron chi connectivity index (χ3n) is 2.35. The summed E-state index contributed by atoms with van der Waals surface area (Å²) in [4.78, 5) is 10.7. The predicted molar refractivity (Wildman–Crippen MR) is 61.5 cm³/mol. The van der Waals surface area contributed by atoms with Crippen LogP contribution < -0.4 is 40.4 Å². The van der Waals surface area contributed by atoms with Crippen LogP contribution in [0, 0.1) is 0 Å². The van der Waals surface area contributed by atoms with Gasteiger partial charge in [0.1, 0.15) is 5.82 Å². The molecular weight excluding hydrogens is 265 g/mol. The smallest absolute Gasteiger partial charge is 0.545 e. The van der Waals surface area contributed by atoms with Crippen LogP contribution in [0.5, 0.6) is 0 Å². The summed E-state index contributed by atoms with van der Waals surface area (Å²) in [6, 6.07) is 7.14. The van der Waals surface area contributed by atoms with Crippen molar-refractivity contribution in [3.05, 3.63) is 46.6 Å². The molecule has 0 unspecified atom stereocenters. The van der Waals surface area contributed by atoms with Gasteiger partial charge in [0, 0.05) is 5.02 Å². The summed E-state index contributed by atoms with van der Waals surface area (Å²) in [5.74, 6) is -1.25. The van der Waals surface area contributed by atoms with Gasteiger partial charge in [0.15, 0.2) is 0 Å².